The molecule has 22 heavy (non-hydrogen) atoms. The van der Waals surface area contributed by atoms with E-state index in [-0.39, 0.29) is 5.91 Å². The number of benzene rings is 2. The van der Waals surface area contributed by atoms with E-state index in [1.807, 2.05) is 43.3 Å². The maximum absolute atomic E-state index is 11.1. The van der Waals surface area contributed by atoms with Crippen molar-refractivity contribution in [3.05, 3.63) is 53.1 Å². The van der Waals surface area contributed by atoms with E-state index in [0.29, 0.717) is 15.8 Å². The van der Waals surface area contributed by atoms with Gasteiger partial charge in [-0.3, -0.25) is 4.79 Å². The Morgan fingerprint density at radius 1 is 1.00 bits per heavy atom. The van der Waals surface area contributed by atoms with Crippen LogP contribution in [0, 0.1) is 6.92 Å². The molecule has 0 aliphatic rings. The van der Waals surface area contributed by atoms with Crippen molar-refractivity contribution in [3.63, 3.8) is 0 Å². The minimum absolute atomic E-state index is 0.118. The van der Waals surface area contributed by atoms with E-state index in [1.165, 1.54) is 6.92 Å². The molecule has 0 bridgehead atoms. The molecule has 0 aromatic heterocycles. The number of thiocarbonyl (C=S) groups is 1. The Labute approximate surface area is 139 Å². The second-order valence-electron chi connectivity index (χ2n) is 4.81. The summed E-state index contributed by atoms with van der Waals surface area (Å²) in [6.45, 7) is 3.41. The summed E-state index contributed by atoms with van der Waals surface area (Å²) in [6.07, 6.45) is 0. The number of carbonyl (C=O) groups is 1. The molecule has 1 amide bonds. The van der Waals surface area contributed by atoms with Crippen LogP contribution >= 0.6 is 23.8 Å². The Bertz CT molecular complexity index is 718. The van der Waals surface area contributed by atoms with Crippen LogP contribution in [0.2, 0.25) is 5.02 Å². The molecule has 0 radical (unpaired) electrons. The van der Waals surface area contributed by atoms with Gasteiger partial charge in [0.15, 0.2) is 5.11 Å². The zero-order valence-electron chi connectivity index (χ0n) is 12.2. The molecular weight excluding hydrogens is 318 g/mol. The highest BCUT2D eigenvalue weighted by molar-refractivity contribution is 7.80. The normalized spacial score (nSPS) is 9.95. The maximum atomic E-state index is 11.1. The van der Waals surface area contributed by atoms with Gasteiger partial charge < -0.3 is 16.0 Å². The van der Waals surface area contributed by atoms with Gasteiger partial charge in [0.05, 0.1) is 0 Å². The molecule has 4 nitrogen and oxygen atoms in total. The van der Waals surface area contributed by atoms with E-state index in [1.54, 1.807) is 6.07 Å². The fourth-order valence-electron chi connectivity index (χ4n) is 1.84. The first kappa shape index (κ1) is 16.3. The fraction of sp³-hybridized carbons (Fsp3) is 0.125. The molecule has 0 aliphatic carbocycles. The average molecular weight is 334 g/mol. The molecule has 2 aromatic rings. The van der Waals surface area contributed by atoms with Crippen LogP contribution in [-0.2, 0) is 4.79 Å². The zero-order valence-corrected chi connectivity index (χ0v) is 13.8. The highest BCUT2D eigenvalue weighted by Crippen LogP contribution is 2.20. The van der Waals surface area contributed by atoms with Crippen molar-refractivity contribution in [2.24, 2.45) is 0 Å². The summed E-state index contributed by atoms with van der Waals surface area (Å²) in [5.41, 5.74) is 3.31. The third kappa shape index (κ3) is 4.72. The Kier molecular flexibility index (Phi) is 5.35. The zero-order chi connectivity index (χ0) is 16.1. The van der Waals surface area contributed by atoms with Crippen molar-refractivity contribution in [2.75, 3.05) is 16.0 Å². The summed E-state index contributed by atoms with van der Waals surface area (Å²) in [6, 6.07) is 13.0. The number of anilines is 3. The van der Waals surface area contributed by atoms with Gasteiger partial charge in [-0.2, -0.15) is 0 Å². The summed E-state index contributed by atoms with van der Waals surface area (Å²) in [5, 5.41) is 9.98. The van der Waals surface area contributed by atoms with Crippen LogP contribution in [0.5, 0.6) is 0 Å². The summed E-state index contributed by atoms with van der Waals surface area (Å²) in [4.78, 5) is 11.1. The highest BCUT2D eigenvalue weighted by atomic mass is 35.5. The van der Waals surface area contributed by atoms with Crippen LogP contribution in [0.3, 0.4) is 0 Å². The van der Waals surface area contributed by atoms with E-state index in [0.717, 1.165) is 16.9 Å². The summed E-state index contributed by atoms with van der Waals surface area (Å²) in [7, 11) is 0. The SMILES string of the molecule is CC(=O)Nc1cccc(NC(=S)Nc2ccc(C)c(Cl)c2)c1. The van der Waals surface area contributed by atoms with Gasteiger partial charge >= 0.3 is 0 Å². The molecule has 0 fully saturated rings. The fourth-order valence-corrected chi connectivity index (χ4v) is 2.26. The van der Waals surface area contributed by atoms with E-state index < -0.39 is 0 Å². The Hall–Kier alpha value is -2.11. The molecule has 6 heteroatoms. The number of aryl methyl sites for hydroxylation is 1. The minimum Gasteiger partial charge on any atom is -0.332 e. The van der Waals surface area contributed by atoms with Gasteiger partial charge in [-0.25, -0.2) is 0 Å². The first-order valence-electron chi connectivity index (χ1n) is 6.66. The predicted molar refractivity (Wildman–Crippen MR) is 96.8 cm³/mol. The third-order valence-corrected chi connectivity index (χ3v) is 3.48. The van der Waals surface area contributed by atoms with Gasteiger partial charge in [0.25, 0.3) is 0 Å². The lowest BCUT2D eigenvalue weighted by Gasteiger charge is -2.12. The van der Waals surface area contributed by atoms with Crippen LogP contribution in [-0.4, -0.2) is 11.0 Å². The number of halogens is 1. The number of nitrogens with one attached hydrogen (secondary N) is 3. The van der Waals surface area contributed by atoms with Crippen molar-refractivity contribution in [1.29, 1.82) is 0 Å². The first-order chi connectivity index (χ1) is 10.4. The summed E-state index contributed by atoms with van der Waals surface area (Å²) < 4.78 is 0. The lowest BCUT2D eigenvalue weighted by atomic mass is 10.2. The van der Waals surface area contributed by atoms with Gasteiger partial charge in [-0.05, 0) is 55.0 Å². The lowest BCUT2D eigenvalue weighted by Crippen LogP contribution is -2.19. The van der Waals surface area contributed by atoms with Gasteiger partial charge in [-0.15, -0.1) is 0 Å². The van der Waals surface area contributed by atoms with Crippen molar-refractivity contribution in [2.45, 2.75) is 13.8 Å². The van der Waals surface area contributed by atoms with Gasteiger partial charge in [0.2, 0.25) is 5.91 Å². The molecule has 0 saturated heterocycles. The third-order valence-electron chi connectivity index (χ3n) is 2.87. The van der Waals surface area contributed by atoms with E-state index >= 15 is 0 Å². The van der Waals surface area contributed by atoms with Crippen molar-refractivity contribution in [3.8, 4) is 0 Å². The number of hydrogen-bond acceptors (Lipinski definition) is 2. The van der Waals surface area contributed by atoms with Crippen LogP contribution in [0.1, 0.15) is 12.5 Å². The number of amides is 1. The number of carbonyl (C=O) groups excluding carboxylic acids is 1. The van der Waals surface area contributed by atoms with Crippen molar-refractivity contribution >= 4 is 51.9 Å². The molecule has 2 aromatic carbocycles. The quantitative estimate of drug-likeness (QED) is 0.728. The number of hydrogen-bond donors (Lipinski definition) is 3. The summed E-state index contributed by atoms with van der Waals surface area (Å²) in [5.74, 6) is -0.118. The van der Waals surface area contributed by atoms with Crippen LogP contribution < -0.4 is 16.0 Å². The second kappa shape index (κ2) is 7.24. The molecule has 2 rings (SSSR count). The first-order valence-corrected chi connectivity index (χ1v) is 7.44. The average Bonchev–Trinajstić information content (AvgIpc) is 2.42. The lowest BCUT2D eigenvalue weighted by molar-refractivity contribution is -0.114. The molecule has 0 heterocycles. The standard InChI is InChI=1S/C16H16ClN3OS/c1-10-6-7-14(9-15(10)17)20-16(22)19-13-5-3-4-12(8-13)18-11(2)21/h3-9H,1-2H3,(H,18,21)(H2,19,20,22). The molecular formula is C16H16ClN3OS. The van der Waals surface area contributed by atoms with Gasteiger partial charge in [0.1, 0.15) is 0 Å². The van der Waals surface area contributed by atoms with E-state index in [4.69, 9.17) is 23.8 Å². The monoisotopic (exact) mass is 333 g/mol. The predicted octanol–water partition coefficient (Wildman–Crippen LogP) is 4.42. The molecule has 0 aliphatic heterocycles. The molecule has 0 spiro atoms. The molecule has 0 saturated carbocycles. The topological polar surface area (TPSA) is 53.2 Å². The second-order valence-corrected chi connectivity index (χ2v) is 5.62. The van der Waals surface area contributed by atoms with Crippen molar-refractivity contribution < 1.29 is 4.79 Å². The minimum atomic E-state index is -0.118. The molecule has 3 N–H and O–H groups in total. The van der Waals surface area contributed by atoms with E-state index in [9.17, 15) is 4.79 Å². The maximum Gasteiger partial charge on any atom is 0.221 e. The summed E-state index contributed by atoms with van der Waals surface area (Å²) >= 11 is 11.4. The molecule has 114 valence electrons. The Balaban J connectivity index is 2.02. The van der Waals surface area contributed by atoms with Gasteiger partial charge in [0, 0.05) is 29.0 Å². The van der Waals surface area contributed by atoms with Crippen LogP contribution in [0.25, 0.3) is 0 Å². The number of rotatable bonds is 3. The van der Waals surface area contributed by atoms with Crippen LogP contribution in [0.4, 0.5) is 17.1 Å². The Morgan fingerprint density at radius 3 is 2.18 bits per heavy atom. The molecule has 0 unspecified atom stereocenters. The van der Waals surface area contributed by atoms with Gasteiger partial charge in [-0.1, -0.05) is 23.7 Å². The van der Waals surface area contributed by atoms with E-state index in [2.05, 4.69) is 16.0 Å². The largest absolute Gasteiger partial charge is 0.332 e. The smallest absolute Gasteiger partial charge is 0.221 e. The van der Waals surface area contributed by atoms with Crippen molar-refractivity contribution in [1.82, 2.24) is 0 Å². The Morgan fingerprint density at radius 2 is 1.59 bits per heavy atom. The molecule has 0 atom stereocenters. The highest BCUT2D eigenvalue weighted by Gasteiger charge is 2.03. The van der Waals surface area contributed by atoms with Crippen LogP contribution in [0.15, 0.2) is 42.5 Å².